The summed E-state index contributed by atoms with van der Waals surface area (Å²) in [5, 5.41) is 8.95. The van der Waals surface area contributed by atoms with Gasteiger partial charge in [-0.05, 0) is 24.3 Å². The van der Waals surface area contributed by atoms with Gasteiger partial charge in [0.1, 0.15) is 23.2 Å². The zero-order valence-corrected chi connectivity index (χ0v) is 11.1. The normalized spacial score (nSPS) is 9.76. The Balaban J connectivity index is 2.44. The summed E-state index contributed by atoms with van der Waals surface area (Å²) < 4.78 is 23.6. The number of para-hydroxylation sites is 1. The predicted octanol–water partition coefficient (Wildman–Crippen LogP) is 2.86. The van der Waals surface area contributed by atoms with E-state index < -0.39 is 11.8 Å². The topological polar surface area (TPSA) is 85.3 Å². The third kappa shape index (κ3) is 2.77. The summed E-state index contributed by atoms with van der Waals surface area (Å²) in [6.07, 6.45) is 0. The van der Waals surface area contributed by atoms with E-state index in [0.717, 1.165) is 6.07 Å². The zero-order valence-electron chi connectivity index (χ0n) is 11.1. The number of methoxy groups -OCH3 is 1. The molecule has 106 valence electrons. The molecule has 0 radical (unpaired) electrons. The molecule has 5 nitrogen and oxygen atoms in total. The van der Waals surface area contributed by atoms with E-state index in [2.05, 4.69) is 4.74 Å². The molecular weight excluding hydrogens is 275 g/mol. The van der Waals surface area contributed by atoms with Crippen LogP contribution in [0.5, 0.6) is 11.5 Å². The average Bonchev–Trinajstić information content (AvgIpc) is 2.49. The van der Waals surface area contributed by atoms with Gasteiger partial charge in [0.2, 0.25) is 0 Å². The minimum absolute atomic E-state index is 0.0196. The van der Waals surface area contributed by atoms with Gasteiger partial charge >= 0.3 is 5.97 Å². The van der Waals surface area contributed by atoms with Crippen LogP contribution in [0.4, 0.5) is 10.1 Å². The van der Waals surface area contributed by atoms with Gasteiger partial charge in [-0.25, -0.2) is 9.18 Å². The van der Waals surface area contributed by atoms with Crippen molar-refractivity contribution in [1.29, 1.82) is 5.26 Å². The molecule has 0 unspecified atom stereocenters. The van der Waals surface area contributed by atoms with Gasteiger partial charge in [-0.2, -0.15) is 5.26 Å². The molecule has 0 aliphatic carbocycles. The molecular formula is C15H11FN2O3. The van der Waals surface area contributed by atoms with Crippen LogP contribution in [0.2, 0.25) is 0 Å². The molecule has 21 heavy (non-hydrogen) atoms. The number of nitrogens with two attached hydrogens (primary N) is 1. The lowest BCUT2D eigenvalue weighted by Gasteiger charge is -2.12. The van der Waals surface area contributed by atoms with Gasteiger partial charge < -0.3 is 15.2 Å². The number of ether oxygens (including phenoxy) is 2. The molecule has 0 aromatic heterocycles. The van der Waals surface area contributed by atoms with Crippen molar-refractivity contribution in [3.63, 3.8) is 0 Å². The number of rotatable bonds is 3. The highest BCUT2D eigenvalue weighted by atomic mass is 19.1. The number of nitrogen functional groups attached to an aromatic ring is 1. The lowest BCUT2D eigenvalue weighted by atomic mass is 10.1. The molecule has 2 N–H and O–H groups in total. The molecule has 0 spiro atoms. The number of hydrogen-bond acceptors (Lipinski definition) is 5. The maximum Gasteiger partial charge on any atom is 0.340 e. The number of hydrogen-bond donors (Lipinski definition) is 1. The first kappa shape index (κ1) is 14.3. The monoisotopic (exact) mass is 286 g/mol. The van der Waals surface area contributed by atoms with E-state index in [1.807, 2.05) is 0 Å². The molecule has 6 heteroatoms. The first-order chi connectivity index (χ1) is 10.1. The Labute approximate surface area is 120 Å². The van der Waals surface area contributed by atoms with Crippen LogP contribution in [0.1, 0.15) is 15.9 Å². The van der Waals surface area contributed by atoms with Gasteiger partial charge in [0.25, 0.3) is 0 Å². The van der Waals surface area contributed by atoms with E-state index >= 15 is 0 Å². The maximum atomic E-state index is 13.5. The van der Waals surface area contributed by atoms with Crippen molar-refractivity contribution in [2.75, 3.05) is 12.8 Å². The second-order valence-corrected chi connectivity index (χ2v) is 4.04. The second-order valence-electron chi connectivity index (χ2n) is 4.04. The zero-order chi connectivity index (χ0) is 15.4. The Morgan fingerprint density at radius 1 is 1.24 bits per heavy atom. The molecule has 0 amide bonds. The molecule has 2 aromatic carbocycles. The Hall–Kier alpha value is -3.07. The quantitative estimate of drug-likeness (QED) is 0.692. The summed E-state index contributed by atoms with van der Waals surface area (Å²) in [6.45, 7) is 0. The van der Waals surface area contributed by atoms with Gasteiger partial charge in [-0.3, -0.25) is 0 Å². The smallest absolute Gasteiger partial charge is 0.340 e. The summed E-state index contributed by atoms with van der Waals surface area (Å²) in [5.41, 5.74) is 5.78. The summed E-state index contributed by atoms with van der Waals surface area (Å²) in [6, 6.07) is 10.2. The Kier molecular flexibility index (Phi) is 4.05. The number of halogens is 1. The molecule has 0 atom stereocenters. The lowest BCUT2D eigenvalue weighted by molar-refractivity contribution is 0.0601. The molecule has 0 saturated heterocycles. The number of esters is 1. The highest BCUT2D eigenvalue weighted by Crippen LogP contribution is 2.32. The molecule has 0 saturated carbocycles. The van der Waals surface area contributed by atoms with E-state index in [0.29, 0.717) is 0 Å². The second kappa shape index (κ2) is 5.92. The van der Waals surface area contributed by atoms with Gasteiger partial charge in [-0.1, -0.05) is 12.1 Å². The summed E-state index contributed by atoms with van der Waals surface area (Å²) >= 11 is 0. The van der Waals surface area contributed by atoms with Crippen LogP contribution in [-0.2, 0) is 4.74 Å². The van der Waals surface area contributed by atoms with Crippen LogP contribution >= 0.6 is 0 Å². The van der Waals surface area contributed by atoms with Crippen LogP contribution in [-0.4, -0.2) is 13.1 Å². The fourth-order valence-electron chi connectivity index (χ4n) is 1.74. The largest absolute Gasteiger partial charge is 0.465 e. The fraction of sp³-hybridized carbons (Fsp3) is 0.0667. The molecule has 0 heterocycles. The fourth-order valence-corrected chi connectivity index (χ4v) is 1.74. The minimum atomic E-state index is -0.697. The third-order valence-corrected chi connectivity index (χ3v) is 2.78. The van der Waals surface area contributed by atoms with Crippen LogP contribution in [0, 0.1) is 17.1 Å². The summed E-state index contributed by atoms with van der Waals surface area (Å²) in [5.74, 6) is -1.15. The first-order valence-electron chi connectivity index (χ1n) is 5.91. The average molecular weight is 286 g/mol. The van der Waals surface area contributed by atoms with Crippen LogP contribution in [0.15, 0.2) is 36.4 Å². The van der Waals surface area contributed by atoms with E-state index in [1.54, 1.807) is 12.1 Å². The van der Waals surface area contributed by atoms with Crippen LogP contribution in [0.25, 0.3) is 0 Å². The standard InChI is InChI=1S/C15H11FN2O3/c1-20-15(19)9-4-2-7-13(14(9)18)21-12-6-3-5-11(16)10(12)8-17/h2-7H,18H2,1H3. The molecule has 0 aliphatic rings. The van der Waals surface area contributed by atoms with Crippen molar-refractivity contribution >= 4 is 11.7 Å². The Bertz CT molecular complexity index is 738. The van der Waals surface area contributed by atoms with E-state index in [9.17, 15) is 9.18 Å². The Morgan fingerprint density at radius 2 is 1.90 bits per heavy atom. The molecule has 0 fully saturated rings. The number of nitrogens with zero attached hydrogens (tertiary/aromatic N) is 1. The predicted molar refractivity (Wildman–Crippen MR) is 73.4 cm³/mol. The lowest BCUT2D eigenvalue weighted by Crippen LogP contribution is -2.06. The number of carbonyl (C=O) groups excluding carboxylic acids is 1. The molecule has 0 bridgehead atoms. The van der Waals surface area contributed by atoms with Crippen molar-refractivity contribution < 1.29 is 18.7 Å². The van der Waals surface area contributed by atoms with E-state index in [-0.39, 0.29) is 28.3 Å². The van der Waals surface area contributed by atoms with Crippen molar-refractivity contribution in [1.82, 2.24) is 0 Å². The number of nitriles is 1. The summed E-state index contributed by atoms with van der Waals surface area (Å²) in [4.78, 5) is 11.5. The van der Waals surface area contributed by atoms with Gasteiger partial charge in [0.15, 0.2) is 5.75 Å². The number of anilines is 1. The van der Waals surface area contributed by atoms with Gasteiger partial charge in [-0.15, -0.1) is 0 Å². The van der Waals surface area contributed by atoms with Crippen molar-refractivity contribution in [2.45, 2.75) is 0 Å². The van der Waals surface area contributed by atoms with Gasteiger partial charge in [0, 0.05) is 0 Å². The molecule has 0 aliphatic heterocycles. The van der Waals surface area contributed by atoms with Crippen LogP contribution in [0.3, 0.4) is 0 Å². The summed E-state index contributed by atoms with van der Waals surface area (Å²) in [7, 11) is 1.23. The highest BCUT2D eigenvalue weighted by Gasteiger charge is 2.16. The van der Waals surface area contributed by atoms with Crippen LogP contribution < -0.4 is 10.5 Å². The highest BCUT2D eigenvalue weighted by molar-refractivity contribution is 5.96. The van der Waals surface area contributed by atoms with Crippen molar-refractivity contribution in [3.8, 4) is 17.6 Å². The van der Waals surface area contributed by atoms with E-state index in [1.165, 1.54) is 31.4 Å². The first-order valence-corrected chi connectivity index (χ1v) is 5.91. The SMILES string of the molecule is COC(=O)c1cccc(Oc2cccc(F)c2C#N)c1N. The van der Waals surface area contributed by atoms with Gasteiger partial charge in [0.05, 0.1) is 18.4 Å². The third-order valence-electron chi connectivity index (χ3n) is 2.78. The molecule has 2 aromatic rings. The maximum absolute atomic E-state index is 13.5. The van der Waals surface area contributed by atoms with E-state index in [4.69, 9.17) is 15.7 Å². The minimum Gasteiger partial charge on any atom is -0.465 e. The number of benzene rings is 2. The van der Waals surface area contributed by atoms with Crippen molar-refractivity contribution in [2.24, 2.45) is 0 Å². The van der Waals surface area contributed by atoms with Crippen molar-refractivity contribution in [3.05, 3.63) is 53.3 Å². The molecule has 2 rings (SSSR count). The Morgan fingerprint density at radius 3 is 2.57 bits per heavy atom. The number of carbonyl (C=O) groups is 1.